The summed E-state index contributed by atoms with van der Waals surface area (Å²) in [6, 6.07) is 9.71. The summed E-state index contributed by atoms with van der Waals surface area (Å²) in [7, 11) is 0. The van der Waals surface area contributed by atoms with Crippen molar-refractivity contribution in [3.63, 3.8) is 0 Å². The molecule has 1 amide bonds. The van der Waals surface area contributed by atoms with Gasteiger partial charge < -0.3 is 20.2 Å². The Hall–Kier alpha value is -2.67. The molecule has 0 fully saturated rings. The van der Waals surface area contributed by atoms with Crippen LogP contribution in [0.1, 0.15) is 18.5 Å². The zero-order valence-electron chi connectivity index (χ0n) is 12.2. The fourth-order valence-corrected chi connectivity index (χ4v) is 2.26. The highest BCUT2D eigenvalue weighted by Crippen LogP contribution is 2.23. The zero-order valence-corrected chi connectivity index (χ0v) is 13.0. The number of carbonyl (C=O) groups is 1. The number of carbonyl (C=O) groups excluding carboxylic acids is 1. The van der Waals surface area contributed by atoms with E-state index in [0.717, 1.165) is 5.56 Å². The topological polar surface area (TPSA) is 94.4 Å². The predicted molar refractivity (Wildman–Crippen MR) is 84.4 cm³/mol. The van der Waals surface area contributed by atoms with Gasteiger partial charge in [-0.1, -0.05) is 29.8 Å². The second kappa shape index (κ2) is 7.55. The molecule has 7 nitrogen and oxygen atoms in total. The number of rotatable bonds is 6. The highest BCUT2D eigenvalue weighted by Gasteiger charge is 2.18. The van der Waals surface area contributed by atoms with Crippen LogP contribution >= 0.6 is 11.6 Å². The first-order chi connectivity index (χ1) is 11.0. The molecule has 2 aromatic rings. The van der Waals surface area contributed by atoms with Gasteiger partial charge in [0, 0.05) is 5.02 Å². The van der Waals surface area contributed by atoms with E-state index in [-0.39, 0.29) is 18.4 Å². The minimum absolute atomic E-state index is 0.0574. The largest absolute Gasteiger partial charge is 0.476 e. The number of benzene rings is 1. The van der Waals surface area contributed by atoms with Gasteiger partial charge in [-0.25, -0.2) is 0 Å². The number of amides is 1. The van der Waals surface area contributed by atoms with Gasteiger partial charge in [0.15, 0.2) is 6.61 Å². The van der Waals surface area contributed by atoms with Gasteiger partial charge in [-0.15, -0.1) is 0 Å². The fourth-order valence-electron chi connectivity index (χ4n) is 1.96. The Morgan fingerprint density at radius 3 is 2.83 bits per heavy atom. The average Bonchev–Trinajstić information content (AvgIpc) is 2.53. The van der Waals surface area contributed by atoms with Crippen molar-refractivity contribution < 1.29 is 14.5 Å². The molecule has 0 aliphatic heterocycles. The van der Waals surface area contributed by atoms with Crippen molar-refractivity contribution in [2.75, 3.05) is 6.61 Å². The smallest absolute Gasteiger partial charge is 0.406 e. The highest BCUT2D eigenvalue weighted by atomic mass is 35.5. The minimum atomic E-state index is -0.667. The van der Waals surface area contributed by atoms with Crippen LogP contribution in [-0.4, -0.2) is 22.4 Å². The van der Waals surface area contributed by atoms with E-state index in [0.29, 0.717) is 5.02 Å². The van der Waals surface area contributed by atoms with Crippen LogP contribution in [0.5, 0.6) is 5.75 Å². The Balaban J connectivity index is 1.96. The molecule has 0 aliphatic rings. The van der Waals surface area contributed by atoms with Crippen LogP contribution in [0.15, 0.2) is 42.6 Å². The summed E-state index contributed by atoms with van der Waals surface area (Å²) in [4.78, 5) is 25.7. The van der Waals surface area contributed by atoms with Gasteiger partial charge in [0.25, 0.3) is 5.91 Å². The van der Waals surface area contributed by atoms with E-state index in [1.54, 1.807) is 25.1 Å². The number of nitro groups is 1. The summed E-state index contributed by atoms with van der Waals surface area (Å²) in [5.74, 6) is -0.909. The van der Waals surface area contributed by atoms with E-state index < -0.39 is 16.6 Å². The van der Waals surface area contributed by atoms with E-state index >= 15 is 0 Å². The van der Waals surface area contributed by atoms with Gasteiger partial charge in [-0.3, -0.25) is 4.79 Å². The number of pyridine rings is 1. The van der Waals surface area contributed by atoms with Crippen LogP contribution in [-0.2, 0) is 4.79 Å². The number of nitrogens with one attached hydrogen (secondary N) is 1. The summed E-state index contributed by atoms with van der Waals surface area (Å²) in [5.41, 5.74) is 0.773. The third kappa shape index (κ3) is 4.40. The summed E-state index contributed by atoms with van der Waals surface area (Å²) < 4.78 is 5.18. The normalized spacial score (nSPS) is 11.6. The minimum Gasteiger partial charge on any atom is -0.476 e. The second-order valence-electron chi connectivity index (χ2n) is 4.68. The molecule has 1 atom stereocenters. The Labute approximate surface area is 137 Å². The van der Waals surface area contributed by atoms with Gasteiger partial charge in [0.2, 0.25) is 5.75 Å². The van der Waals surface area contributed by atoms with E-state index in [1.165, 1.54) is 18.3 Å². The summed E-state index contributed by atoms with van der Waals surface area (Å²) in [6.45, 7) is 1.42. The molecule has 0 saturated heterocycles. The van der Waals surface area contributed by atoms with E-state index in [1.807, 2.05) is 6.07 Å². The molecule has 8 heteroatoms. The predicted octanol–water partition coefficient (Wildman–Crippen LogP) is 2.90. The number of nitrogens with zero attached hydrogens (tertiary/aromatic N) is 2. The van der Waals surface area contributed by atoms with Gasteiger partial charge in [0.05, 0.1) is 6.04 Å². The van der Waals surface area contributed by atoms with Crippen molar-refractivity contribution >= 4 is 23.3 Å². The Kier molecular flexibility index (Phi) is 5.48. The lowest BCUT2D eigenvalue weighted by Gasteiger charge is -2.15. The maximum absolute atomic E-state index is 11.9. The van der Waals surface area contributed by atoms with E-state index in [4.69, 9.17) is 16.3 Å². The van der Waals surface area contributed by atoms with Gasteiger partial charge in [-0.05, 0) is 40.6 Å². The van der Waals surface area contributed by atoms with E-state index in [2.05, 4.69) is 10.3 Å². The molecule has 1 aromatic heterocycles. The first-order valence-electron chi connectivity index (χ1n) is 6.75. The number of hydrogen-bond donors (Lipinski definition) is 1. The molecule has 0 spiro atoms. The SMILES string of the molecule is CC(NC(=O)COc1cccnc1[N+](=O)[O-])c1ccccc1Cl. The third-order valence-corrected chi connectivity index (χ3v) is 3.38. The maximum atomic E-state index is 11.9. The molecule has 0 bridgehead atoms. The zero-order chi connectivity index (χ0) is 16.8. The molecule has 0 saturated carbocycles. The van der Waals surface area contributed by atoms with Crippen molar-refractivity contribution in [1.29, 1.82) is 0 Å². The third-order valence-electron chi connectivity index (χ3n) is 3.03. The molecular weight excluding hydrogens is 322 g/mol. The van der Waals surface area contributed by atoms with Crippen LogP contribution in [0.2, 0.25) is 5.02 Å². The molecule has 0 aliphatic carbocycles. The lowest BCUT2D eigenvalue weighted by Crippen LogP contribution is -2.31. The quantitative estimate of drug-likeness (QED) is 0.647. The number of halogens is 1. The Bertz CT molecular complexity index is 723. The lowest BCUT2D eigenvalue weighted by molar-refractivity contribution is -0.390. The van der Waals surface area contributed by atoms with Crippen LogP contribution < -0.4 is 10.1 Å². The van der Waals surface area contributed by atoms with Crippen LogP contribution in [0.3, 0.4) is 0 Å². The van der Waals surface area contributed by atoms with Crippen LogP contribution in [0, 0.1) is 10.1 Å². The molecule has 2 rings (SSSR count). The molecule has 0 radical (unpaired) electrons. The average molecular weight is 336 g/mol. The highest BCUT2D eigenvalue weighted by molar-refractivity contribution is 6.31. The van der Waals surface area contributed by atoms with Crippen molar-refractivity contribution in [2.24, 2.45) is 0 Å². The van der Waals surface area contributed by atoms with Crippen molar-refractivity contribution in [2.45, 2.75) is 13.0 Å². The first-order valence-corrected chi connectivity index (χ1v) is 7.13. The Morgan fingerprint density at radius 2 is 2.13 bits per heavy atom. The maximum Gasteiger partial charge on any atom is 0.406 e. The van der Waals surface area contributed by atoms with Gasteiger partial charge in [-0.2, -0.15) is 0 Å². The monoisotopic (exact) mass is 335 g/mol. The number of aromatic nitrogens is 1. The first kappa shape index (κ1) is 16.7. The molecule has 23 heavy (non-hydrogen) atoms. The number of ether oxygens (including phenoxy) is 1. The summed E-state index contributed by atoms with van der Waals surface area (Å²) >= 11 is 6.07. The summed E-state index contributed by atoms with van der Waals surface area (Å²) in [6.07, 6.45) is 1.28. The van der Waals surface area contributed by atoms with E-state index in [9.17, 15) is 14.9 Å². The molecule has 1 heterocycles. The standard InChI is InChI=1S/C15H14ClN3O4/c1-10(11-5-2-3-6-12(11)16)18-14(20)9-23-13-7-4-8-17-15(13)19(21)22/h2-8,10H,9H2,1H3,(H,18,20). The van der Waals surface area contributed by atoms with Gasteiger partial charge >= 0.3 is 5.82 Å². The molecule has 120 valence electrons. The fraction of sp³-hybridized carbons (Fsp3) is 0.200. The Morgan fingerprint density at radius 1 is 1.39 bits per heavy atom. The van der Waals surface area contributed by atoms with Crippen molar-refractivity contribution in [1.82, 2.24) is 10.3 Å². The second-order valence-corrected chi connectivity index (χ2v) is 5.09. The summed E-state index contributed by atoms with van der Waals surface area (Å²) in [5, 5.41) is 14.1. The van der Waals surface area contributed by atoms with Crippen LogP contribution in [0.25, 0.3) is 0 Å². The molecule has 1 aromatic carbocycles. The molecule has 1 N–H and O–H groups in total. The molecular formula is C15H14ClN3O4. The van der Waals surface area contributed by atoms with Crippen molar-refractivity contribution in [3.8, 4) is 5.75 Å². The number of hydrogen-bond acceptors (Lipinski definition) is 5. The van der Waals surface area contributed by atoms with Gasteiger partial charge in [0.1, 0.15) is 6.20 Å². The van der Waals surface area contributed by atoms with Crippen molar-refractivity contribution in [3.05, 3.63) is 63.3 Å². The molecule has 1 unspecified atom stereocenters. The van der Waals surface area contributed by atoms with Crippen LogP contribution in [0.4, 0.5) is 5.82 Å². The lowest BCUT2D eigenvalue weighted by atomic mass is 10.1.